The first-order chi connectivity index (χ1) is 6.22. The highest BCUT2D eigenvalue weighted by Crippen LogP contribution is 2.08. The second kappa shape index (κ2) is 22.6. The van der Waals surface area contributed by atoms with Gasteiger partial charge >= 0.3 is 0 Å². The van der Waals surface area contributed by atoms with Gasteiger partial charge in [0.15, 0.2) is 0 Å². The summed E-state index contributed by atoms with van der Waals surface area (Å²) in [6.07, 6.45) is 7.06. The number of rotatable bonds is 4. The molecule has 1 atom stereocenters. The Kier molecular flexibility index (Phi) is 32.1. The van der Waals surface area contributed by atoms with Crippen LogP contribution >= 0.6 is 0 Å². The van der Waals surface area contributed by atoms with Crippen LogP contribution in [0.3, 0.4) is 0 Å². The molecule has 1 nitrogen and oxygen atoms in total. The van der Waals surface area contributed by atoms with E-state index >= 15 is 0 Å². The van der Waals surface area contributed by atoms with Crippen molar-refractivity contribution in [2.24, 2.45) is 5.92 Å². The van der Waals surface area contributed by atoms with Gasteiger partial charge in [-0.2, -0.15) is 0 Å². The molecule has 0 fully saturated rings. The van der Waals surface area contributed by atoms with Crippen molar-refractivity contribution >= 4 is 0 Å². The minimum Gasteiger partial charge on any atom is -0.400 e. The molecular formula is C12H28O. The Balaban J connectivity index is -0.000000169. The maximum absolute atomic E-state index is 7.00. The van der Waals surface area contributed by atoms with Crippen LogP contribution in [0.15, 0.2) is 12.7 Å². The van der Waals surface area contributed by atoms with Gasteiger partial charge in [0.1, 0.15) is 0 Å². The fourth-order valence-electron chi connectivity index (χ4n) is 0.895. The Labute approximate surface area is 84.9 Å². The molecule has 0 amide bonds. The van der Waals surface area contributed by atoms with Gasteiger partial charge in [0.05, 0.1) is 0 Å². The molecule has 0 aromatic carbocycles. The molecular weight excluding hydrogens is 160 g/mol. The lowest BCUT2D eigenvalue weighted by atomic mass is 10.0. The van der Waals surface area contributed by atoms with Gasteiger partial charge in [0.25, 0.3) is 0 Å². The molecule has 0 aliphatic rings. The van der Waals surface area contributed by atoms with Crippen LogP contribution in [0.1, 0.15) is 53.4 Å². The highest BCUT2D eigenvalue weighted by molar-refractivity contribution is 4.69. The summed E-state index contributed by atoms with van der Waals surface area (Å²) in [7, 11) is 1.00. The number of aliphatic hydroxyl groups excluding tert-OH is 1. The summed E-state index contributed by atoms with van der Waals surface area (Å²) in [5.41, 5.74) is 0. The van der Waals surface area contributed by atoms with Gasteiger partial charge in [0.2, 0.25) is 0 Å². The Morgan fingerprint density at radius 2 is 1.62 bits per heavy atom. The van der Waals surface area contributed by atoms with Crippen molar-refractivity contribution in [1.29, 1.82) is 0 Å². The number of allylic oxidation sites excluding steroid dienone is 1. The predicted molar refractivity (Wildman–Crippen MR) is 63.0 cm³/mol. The molecule has 0 radical (unpaired) electrons. The smallest absolute Gasteiger partial charge is 0.0319 e. The van der Waals surface area contributed by atoms with Crippen molar-refractivity contribution in [2.45, 2.75) is 53.4 Å². The molecule has 0 saturated carbocycles. The van der Waals surface area contributed by atoms with Gasteiger partial charge in [0, 0.05) is 7.11 Å². The van der Waals surface area contributed by atoms with Crippen molar-refractivity contribution < 1.29 is 5.11 Å². The molecule has 0 aliphatic heterocycles. The quantitative estimate of drug-likeness (QED) is 0.661. The number of aliphatic hydroxyl groups is 1. The third-order valence-electron chi connectivity index (χ3n) is 1.35. The normalized spacial score (nSPS) is 10.0. The zero-order valence-corrected chi connectivity index (χ0v) is 10.1. The van der Waals surface area contributed by atoms with Crippen LogP contribution in [0, 0.1) is 5.92 Å². The van der Waals surface area contributed by atoms with Gasteiger partial charge < -0.3 is 5.11 Å². The van der Waals surface area contributed by atoms with E-state index < -0.39 is 0 Å². The average molecular weight is 188 g/mol. The third kappa shape index (κ3) is 33.9. The topological polar surface area (TPSA) is 20.2 Å². The second-order valence-electron chi connectivity index (χ2n) is 3.13. The summed E-state index contributed by atoms with van der Waals surface area (Å²) in [6.45, 7) is 12.4. The van der Waals surface area contributed by atoms with E-state index in [2.05, 4.69) is 34.3 Å². The number of hydrogen-bond acceptors (Lipinski definition) is 1. The molecule has 0 aliphatic carbocycles. The lowest BCUT2D eigenvalue weighted by Gasteiger charge is -2.03. The first kappa shape index (κ1) is 18.5. The van der Waals surface area contributed by atoms with Crippen LogP contribution in [-0.2, 0) is 0 Å². The van der Waals surface area contributed by atoms with Crippen molar-refractivity contribution in [2.75, 3.05) is 7.11 Å². The maximum atomic E-state index is 7.00. The summed E-state index contributed by atoms with van der Waals surface area (Å²) in [6, 6.07) is 0. The Bertz CT molecular complexity index is 69.5. The lowest BCUT2D eigenvalue weighted by Crippen LogP contribution is -1.89. The molecule has 1 heteroatoms. The summed E-state index contributed by atoms with van der Waals surface area (Å²) in [4.78, 5) is 0. The van der Waals surface area contributed by atoms with E-state index in [-0.39, 0.29) is 0 Å². The third-order valence-corrected chi connectivity index (χ3v) is 1.35. The van der Waals surface area contributed by atoms with Gasteiger partial charge in [-0.15, -0.1) is 6.58 Å². The zero-order valence-electron chi connectivity index (χ0n) is 10.1. The summed E-state index contributed by atoms with van der Waals surface area (Å²) < 4.78 is 0. The van der Waals surface area contributed by atoms with Crippen LogP contribution in [0.25, 0.3) is 0 Å². The van der Waals surface area contributed by atoms with Gasteiger partial charge in [-0.05, 0) is 12.3 Å². The molecule has 0 aromatic heterocycles. The molecule has 0 rings (SSSR count). The largest absolute Gasteiger partial charge is 0.400 e. The summed E-state index contributed by atoms with van der Waals surface area (Å²) >= 11 is 0. The summed E-state index contributed by atoms with van der Waals surface area (Å²) in [5, 5.41) is 7.00. The van der Waals surface area contributed by atoms with E-state index in [0.29, 0.717) is 0 Å². The zero-order chi connectivity index (χ0) is 11.1. The van der Waals surface area contributed by atoms with Crippen LogP contribution in [0.4, 0.5) is 0 Å². The standard InChI is InChI=1S/C8H16.C3H8.CH4O/c1-4-6-8(3)7-5-2;1-3-2;1-2/h4,8H,1,5-7H2,2-3H3;3H2,1-2H3;2H,1H3. The SMILES string of the molecule is C=CCC(C)CCC.CCC.CO. The Hall–Kier alpha value is -0.300. The molecule has 13 heavy (non-hydrogen) atoms. The van der Waals surface area contributed by atoms with E-state index in [1.807, 2.05) is 6.08 Å². The fraction of sp³-hybridized carbons (Fsp3) is 0.833. The van der Waals surface area contributed by atoms with Crippen LogP contribution in [-0.4, -0.2) is 12.2 Å². The van der Waals surface area contributed by atoms with Gasteiger partial charge in [-0.1, -0.05) is 53.0 Å². The molecule has 0 heterocycles. The van der Waals surface area contributed by atoms with Crippen molar-refractivity contribution in [1.82, 2.24) is 0 Å². The Morgan fingerprint density at radius 1 is 1.23 bits per heavy atom. The number of hydrogen-bond donors (Lipinski definition) is 1. The predicted octanol–water partition coefficient (Wildman–Crippen LogP) is 4.02. The van der Waals surface area contributed by atoms with Crippen molar-refractivity contribution in [3.05, 3.63) is 12.7 Å². The minimum absolute atomic E-state index is 0.845. The molecule has 1 unspecified atom stereocenters. The van der Waals surface area contributed by atoms with E-state index in [4.69, 9.17) is 5.11 Å². The molecule has 0 spiro atoms. The monoisotopic (exact) mass is 188 g/mol. The molecule has 0 aromatic rings. The fourth-order valence-corrected chi connectivity index (χ4v) is 0.895. The van der Waals surface area contributed by atoms with E-state index in [1.54, 1.807) is 0 Å². The average Bonchev–Trinajstić information content (AvgIpc) is 2.10. The molecule has 0 bridgehead atoms. The van der Waals surface area contributed by atoms with Gasteiger partial charge in [-0.3, -0.25) is 0 Å². The van der Waals surface area contributed by atoms with E-state index in [1.165, 1.54) is 25.7 Å². The summed E-state index contributed by atoms with van der Waals surface area (Å²) in [5.74, 6) is 0.845. The van der Waals surface area contributed by atoms with E-state index in [9.17, 15) is 0 Å². The second-order valence-corrected chi connectivity index (χ2v) is 3.13. The molecule has 0 saturated heterocycles. The maximum Gasteiger partial charge on any atom is 0.0319 e. The Morgan fingerprint density at radius 3 is 1.85 bits per heavy atom. The van der Waals surface area contributed by atoms with E-state index in [0.717, 1.165) is 13.0 Å². The van der Waals surface area contributed by atoms with Crippen LogP contribution in [0.5, 0.6) is 0 Å². The highest BCUT2D eigenvalue weighted by atomic mass is 16.2. The van der Waals surface area contributed by atoms with Crippen molar-refractivity contribution in [3.63, 3.8) is 0 Å². The van der Waals surface area contributed by atoms with Gasteiger partial charge in [-0.25, -0.2) is 0 Å². The minimum atomic E-state index is 0.845. The van der Waals surface area contributed by atoms with Crippen molar-refractivity contribution in [3.8, 4) is 0 Å². The van der Waals surface area contributed by atoms with Crippen LogP contribution in [0.2, 0.25) is 0 Å². The first-order valence-corrected chi connectivity index (χ1v) is 5.28. The molecule has 1 N–H and O–H groups in total. The molecule has 82 valence electrons. The van der Waals surface area contributed by atoms with Crippen LogP contribution < -0.4 is 0 Å². The lowest BCUT2D eigenvalue weighted by molar-refractivity contribution is 0.399. The first-order valence-electron chi connectivity index (χ1n) is 5.28. The highest BCUT2D eigenvalue weighted by Gasteiger charge is 1.94.